The number of carbonyl (C=O) groups is 1. The van der Waals surface area contributed by atoms with Crippen molar-refractivity contribution in [3.05, 3.63) is 90.0 Å². The Kier molecular flexibility index (Phi) is 8.31. The van der Waals surface area contributed by atoms with Gasteiger partial charge in [0.05, 0.1) is 10.6 Å². The zero-order chi connectivity index (χ0) is 25.5. The first-order chi connectivity index (χ1) is 17.4. The number of ether oxygens (including phenoxy) is 1. The van der Waals surface area contributed by atoms with Crippen molar-refractivity contribution in [2.24, 2.45) is 5.92 Å². The summed E-state index contributed by atoms with van der Waals surface area (Å²) in [6, 6.07) is 24.2. The Bertz CT molecular complexity index is 1230. The van der Waals surface area contributed by atoms with E-state index in [-0.39, 0.29) is 17.4 Å². The fraction of sp³-hybridized carbons (Fsp3) is 0.345. The molecule has 0 bridgehead atoms. The van der Waals surface area contributed by atoms with Crippen molar-refractivity contribution >= 4 is 21.6 Å². The highest BCUT2D eigenvalue weighted by molar-refractivity contribution is 7.92. The van der Waals surface area contributed by atoms with Crippen LogP contribution < -0.4 is 9.04 Å². The van der Waals surface area contributed by atoms with E-state index >= 15 is 0 Å². The van der Waals surface area contributed by atoms with Crippen molar-refractivity contribution in [1.29, 1.82) is 0 Å². The number of nitrogens with zero attached hydrogens (tertiary/aromatic N) is 2. The number of piperidine rings is 1. The van der Waals surface area contributed by atoms with Gasteiger partial charge >= 0.3 is 0 Å². The van der Waals surface area contributed by atoms with E-state index in [1.54, 1.807) is 55.5 Å². The lowest BCUT2D eigenvalue weighted by atomic mass is 9.90. The normalized spacial score (nSPS) is 14.4. The Morgan fingerprint density at radius 1 is 0.944 bits per heavy atom. The number of amides is 1. The number of carbonyl (C=O) groups excluding carboxylic acids is 1. The Balaban J connectivity index is 1.29. The molecule has 1 aliphatic rings. The lowest BCUT2D eigenvalue weighted by molar-refractivity contribution is -0.134. The Labute approximate surface area is 214 Å². The van der Waals surface area contributed by atoms with E-state index in [1.165, 1.54) is 9.87 Å². The third-order valence-electron chi connectivity index (χ3n) is 6.72. The molecule has 0 spiro atoms. The summed E-state index contributed by atoms with van der Waals surface area (Å²) in [4.78, 5) is 14.8. The Hall–Kier alpha value is -3.32. The third-order valence-corrected chi connectivity index (χ3v) is 8.63. The van der Waals surface area contributed by atoms with Crippen LogP contribution in [0, 0.1) is 12.8 Å². The Morgan fingerprint density at radius 2 is 1.58 bits per heavy atom. The first-order valence-corrected chi connectivity index (χ1v) is 13.9. The second-order valence-corrected chi connectivity index (χ2v) is 11.1. The van der Waals surface area contributed by atoms with E-state index in [4.69, 9.17) is 4.74 Å². The van der Waals surface area contributed by atoms with Crippen LogP contribution in [0.5, 0.6) is 5.75 Å². The molecule has 6 nitrogen and oxygen atoms in total. The molecule has 1 fully saturated rings. The smallest absolute Gasteiger partial charge is 0.264 e. The first kappa shape index (κ1) is 25.8. The van der Waals surface area contributed by atoms with Crippen molar-refractivity contribution in [1.82, 2.24) is 4.90 Å². The van der Waals surface area contributed by atoms with E-state index < -0.39 is 10.0 Å². The average molecular weight is 507 g/mol. The van der Waals surface area contributed by atoms with Crippen LogP contribution in [-0.2, 0) is 21.2 Å². The molecule has 3 aromatic carbocycles. The summed E-state index contributed by atoms with van der Waals surface area (Å²) in [7, 11) is -3.67. The predicted octanol–water partition coefficient (Wildman–Crippen LogP) is 5.07. The highest BCUT2D eigenvalue weighted by Gasteiger charge is 2.25. The zero-order valence-electron chi connectivity index (χ0n) is 21.0. The SMILES string of the molecule is CCN(c1ccc(OCC(=O)N2CCC(Cc3ccccc3)CC2)cc1)S(=O)(=O)c1ccc(C)cc1. The molecule has 1 heterocycles. The number of sulfonamides is 1. The number of likely N-dealkylation sites (tertiary alicyclic amines) is 1. The summed E-state index contributed by atoms with van der Waals surface area (Å²) in [5, 5.41) is 0. The largest absolute Gasteiger partial charge is 0.484 e. The van der Waals surface area contributed by atoms with Crippen LogP contribution in [0.4, 0.5) is 5.69 Å². The fourth-order valence-corrected chi connectivity index (χ4v) is 6.08. The van der Waals surface area contributed by atoms with Gasteiger partial charge in [0.25, 0.3) is 15.9 Å². The van der Waals surface area contributed by atoms with Crippen molar-refractivity contribution in [2.45, 2.75) is 38.0 Å². The molecule has 0 radical (unpaired) electrons. The number of hydrogen-bond donors (Lipinski definition) is 0. The molecule has 0 aromatic heterocycles. The van der Waals surface area contributed by atoms with Crippen LogP contribution in [0.25, 0.3) is 0 Å². The minimum Gasteiger partial charge on any atom is -0.484 e. The molecule has 36 heavy (non-hydrogen) atoms. The van der Waals surface area contributed by atoms with Gasteiger partial charge in [0.15, 0.2) is 6.61 Å². The molecule has 4 rings (SSSR count). The average Bonchev–Trinajstić information content (AvgIpc) is 2.89. The molecule has 7 heteroatoms. The topological polar surface area (TPSA) is 66.9 Å². The summed E-state index contributed by atoms with van der Waals surface area (Å²) in [6.45, 7) is 5.50. The quantitative estimate of drug-likeness (QED) is 0.406. The van der Waals surface area contributed by atoms with Crippen LogP contribution in [-0.4, -0.2) is 45.5 Å². The summed E-state index contributed by atoms with van der Waals surface area (Å²) >= 11 is 0. The van der Waals surface area contributed by atoms with E-state index in [2.05, 4.69) is 24.3 Å². The minimum atomic E-state index is -3.67. The third kappa shape index (κ3) is 6.26. The van der Waals surface area contributed by atoms with Crippen LogP contribution in [0.15, 0.2) is 83.8 Å². The summed E-state index contributed by atoms with van der Waals surface area (Å²) in [6.07, 6.45) is 3.05. The number of aryl methyl sites for hydroxylation is 1. The lowest BCUT2D eigenvalue weighted by Crippen LogP contribution is -2.41. The van der Waals surface area contributed by atoms with Crippen molar-refractivity contribution in [3.63, 3.8) is 0 Å². The molecule has 0 saturated carbocycles. The molecule has 3 aromatic rings. The fourth-order valence-electron chi connectivity index (χ4n) is 4.61. The van der Waals surface area contributed by atoms with Crippen molar-refractivity contribution in [2.75, 3.05) is 30.5 Å². The van der Waals surface area contributed by atoms with Crippen molar-refractivity contribution < 1.29 is 17.9 Å². The summed E-state index contributed by atoms with van der Waals surface area (Å²) in [5.74, 6) is 1.12. The van der Waals surface area contributed by atoms with Crippen LogP contribution in [0.2, 0.25) is 0 Å². The van der Waals surface area contributed by atoms with Gasteiger partial charge in [-0.25, -0.2) is 8.42 Å². The highest BCUT2D eigenvalue weighted by atomic mass is 32.2. The highest BCUT2D eigenvalue weighted by Crippen LogP contribution is 2.26. The maximum Gasteiger partial charge on any atom is 0.264 e. The second-order valence-electron chi connectivity index (χ2n) is 9.28. The van der Waals surface area contributed by atoms with Gasteiger partial charge in [-0.2, -0.15) is 0 Å². The number of rotatable bonds is 9. The molecule has 1 saturated heterocycles. The molecule has 1 amide bonds. The molecular formula is C29H34N2O4S. The molecule has 1 aliphatic heterocycles. The van der Waals surface area contributed by atoms with Gasteiger partial charge < -0.3 is 9.64 Å². The van der Waals surface area contributed by atoms with Gasteiger partial charge in [-0.15, -0.1) is 0 Å². The van der Waals surface area contributed by atoms with E-state index in [1.807, 2.05) is 17.9 Å². The Morgan fingerprint density at radius 3 is 2.19 bits per heavy atom. The van der Waals surface area contributed by atoms with Gasteiger partial charge in [-0.3, -0.25) is 9.10 Å². The monoisotopic (exact) mass is 506 g/mol. The maximum atomic E-state index is 13.1. The summed E-state index contributed by atoms with van der Waals surface area (Å²) < 4.78 is 33.3. The summed E-state index contributed by atoms with van der Waals surface area (Å²) in [5.41, 5.74) is 2.91. The second kappa shape index (κ2) is 11.6. The first-order valence-electron chi connectivity index (χ1n) is 12.5. The molecule has 0 atom stereocenters. The van der Waals surface area contributed by atoms with Crippen LogP contribution in [0.3, 0.4) is 0 Å². The number of hydrogen-bond acceptors (Lipinski definition) is 4. The standard InChI is InChI=1S/C29H34N2O4S/c1-3-31(36(33,34)28-15-9-23(2)10-16-28)26-11-13-27(14-12-26)35-22-29(32)30-19-17-25(18-20-30)21-24-7-5-4-6-8-24/h4-16,25H,3,17-22H2,1-2H3. The van der Waals surface area contributed by atoms with Gasteiger partial charge in [-0.1, -0.05) is 48.0 Å². The minimum absolute atomic E-state index is 0.0191. The lowest BCUT2D eigenvalue weighted by Gasteiger charge is -2.32. The van der Waals surface area contributed by atoms with Gasteiger partial charge in [0, 0.05) is 19.6 Å². The maximum absolute atomic E-state index is 13.1. The van der Waals surface area contributed by atoms with E-state index in [0.717, 1.165) is 37.9 Å². The van der Waals surface area contributed by atoms with Crippen LogP contribution >= 0.6 is 0 Å². The predicted molar refractivity (Wildman–Crippen MR) is 143 cm³/mol. The van der Waals surface area contributed by atoms with Crippen LogP contribution in [0.1, 0.15) is 30.9 Å². The molecule has 0 N–H and O–H groups in total. The van der Waals surface area contributed by atoms with Gasteiger partial charge in [0.1, 0.15) is 5.75 Å². The van der Waals surface area contributed by atoms with E-state index in [9.17, 15) is 13.2 Å². The zero-order valence-corrected chi connectivity index (χ0v) is 21.8. The van der Waals surface area contributed by atoms with Crippen molar-refractivity contribution in [3.8, 4) is 5.75 Å². The molecule has 0 unspecified atom stereocenters. The molecule has 190 valence electrons. The molecule has 0 aliphatic carbocycles. The van der Waals surface area contributed by atoms with Gasteiger partial charge in [0.2, 0.25) is 0 Å². The van der Waals surface area contributed by atoms with E-state index in [0.29, 0.717) is 23.9 Å². The molecular weight excluding hydrogens is 472 g/mol. The number of benzene rings is 3. The van der Waals surface area contributed by atoms with Gasteiger partial charge in [-0.05, 0) is 81.0 Å². The number of anilines is 1.